The van der Waals surface area contributed by atoms with E-state index in [0.29, 0.717) is 11.3 Å². The largest absolute Gasteiger partial charge is 0.290 e. The first-order valence-corrected chi connectivity index (χ1v) is 9.44. The SMILES string of the molecule is CCC(C)(C)c1ccc(C=NNc2nc(-c3ccccc3)c(C#N)c(=O)[nH]2)cc1. The van der Waals surface area contributed by atoms with Crippen molar-refractivity contribution in [1.29, 1.82) is 5.26 Å². The van der Waals surface area contributed by atoms with Crippen molar-refractivity contribution >= 4 is 12.2 Å². The van der Waals surface area contributed by atoms with Gasteiger partial charge >= 0.3 is 0 Å². The Morgan fingerprint density at radius 3 is 2.48 bits per heavy atom. The van der Waals surface area contributed by atoms with Gasteiger partial charge in [-0.15, -0.1) is 0 Å². The first-order valence-electron chi connectivity index (χ1n) is 9.44. The summed E-state index contributed by atoms with van der Waals surface area (Å²) in [6, 6.07) is 19.2. The normalized spacial score (nSPS) is 11.4. The smallest absolute Gasteiger partial charge is 0.270 e. The lowest BCUT2D eigenvalue weighted by Gasteiger charge is -2.23. The first kappa shape index (κ1) is 20.0. The Hall–Kier alpha value is -3.72. The predicted molar refractivity (Wildman–Crippen MR) is 116 cm³/mol. The van der Waals surface area contributed by atoms with E-state index in [1.54, 1.807) is 18.3 Å². The monoisotopic (exact) mass is 385 g/mol. The highest BCUT2D eigenvalue weighted by Gasteiger charge is 2.17. The van der Waals surface area contributed by atoms with Gasteiger partial charge in [0.1, 0.15) is 11.6 Å². The van der Waals surface area contributed by atoms with Crippen molar-refractivity contribution in [3.63, 3.8) is 0 Å². The van der Waals surface area contributed by atoms with E-state index in [2.05, 4.69) is 53.4 Å². The number of rotatable bonds is 6. The van der Waals surface area contributed by atoms with Crippen molar-refractivity contribution in [2.45, 2.75) is 32.6 Å². The zero-order valence-corrected chi connectivity index (χ0v) is 16.7. The Balaban J connectivity index is 1.82. The number of H-pyrrole nitrogens is 1. The van der Waals surface area contributed by atoms with Crippen LogP contribution < -0.4 is 11.0 Å². The molecular weight excluding hydrogens is 362 g/mol. The van der Waals surface area contributed by atoms with Crippen molar-refractivity contribution in [2.75, 3.05) is 5.43 Å². The average Bonchev–Trinajstić information content (AvgIpc) is 2.74. The van der Waals surface area contributed by atoms with E-state index >= 15 is 0 Å². The summed E-state index contributed by atoms with van der Waals surface area (Å²) in [5, 5.41) is 13.5. The summed E-state index contributed by atoms with van der Waals surface area (Å²) < 4.78 is 0. The fourth-order valence-corrected chi connectivity index (χ4v) is 2.83. The molecule has 3 aromatic rings. The summed E-state index contributed by atoms with van der Waals surface area (Å²) in [6.07, 6.45) is 2.71. The number of nitrogens with one attached hydrogen (secondary N) is 2. The van der Waals surface area contributed by atoms with Gasteiger partial charge in [0.25, 0.3) is 5.56 Å². The molecule has 0 spiro atoms. The lowest BCUT2D eigenvalue weighted by Crippen LogP contribution is -2.16. The topological polar surface area (TPSA) is 93.9 Å². The molecule has 0 aliphatic rings. The molecule has 0 fully saturated rings. The highest BCUT2D eigenvalue weighted by molar-refractivity contribution is 5.80. The third kappa shape index (κ3) is 4.58. The number of benzene rings is 2. The van der Waals surface area contributed by atoms with E-state index in [9.17, 15) is 10.1 Å². The number of hydrazone groups is 1. The predicted octanol–water partition coefficient (Wildman–Crippen LogP) is 4.44. The molecule has 6 heteroatoms. The maximum absolute atomic E-state index is 12.2. The molecule has 2 N–H and O–H groups in total. The van der Waals surface area contributed by atoms with Gasteiger partial charge in [0.05, 0.1) is 11.9 Å². The number of aromatic amines is 1. The molecule has 0 aliphatic carbocycles. The van der Waals surface area contributed by atoms with Crippen LogP contribution in [0.4, 0.5) is 5.95 Å². The average molecular weight is 385 g/mol. The molecule has 0 atom stereocenters. The van der Waals surface area contributed by atoms with Crippen LogP contribution in [-0.4, -0.2) is 16.2 Å². The standard InChI is InChI=1S/C23H23N5O/c1-4-23(2,3)18-12-10-16(11-13-18)15-25-28-22-26-20(17-8-6-5-7-9-17)19(14-24)21(29)27-22/h5-13,15H,4H2,1-3H3,(H2,26,27,28,29). The van der Waals surface area contributed by atoms with Crippen LogP contribution in [0.15, 0.2) is 64.5 Å². The third-order valence-electron chi connectivity index (χ3n) is 5.04. The van der Waals surface area contributed by atoms with Gasteiger partial charge in [-0.3, -0.25) is 9.78 Å². The molecule has 0 saturated heterocycles. The molecule has 0 saturated carbocycles. The summed E-state index contributed by atoms with van der Waals surface area (Å²) in [6.45, 7) is 6.61. The minimum atomic E-state index is -0.509. The van der Waals surface area contributed by atoms with E-state index in [4.69, 9.17) is 0 Å². The molecule has 3 rings (SSSR count). The van der Waals surface area contributed by atoms with Gasteiger partial charge in [-0.2, -0.15) is 10.4 Å². The van der Waals surface area contributed by atoms with E-state index < -0.39 is 5.56 Å². The number of nitriles is 1. The quantitative estimate of drug-likeness (QED) is 0.484. The second-order valence-corrected chi connectivity index (χ2v) is 7.35. The Bertz CT molecular complexity index is 1110. The van der Waals surface area contributed by atoms with Crippen LogP contribution in [-0.2, 0) is 5.41 Å². The number of aromatic nitrogens is 2. The zero-order valence-electron chi connectivity index (χ0n) is 16.7. The molecule has 1 aromatic heterocycles. The summed E-state index contributed by atoms with van der Waals surface area (Å²) in [7, 11) is 0. The minimum absolute atomic E-state index is 0.0279. The Morgan fingerprint density at radius 1 is 1.17 bits per heavy atom. The van der Waals surface area contributed by atoms with Crippen LogP contribution in [0.2, 0.25) is 0 Å². The van der Waals surface area contributed by atoms with Crippen LogP contribution in [0.3, 0.4) is 0 Å². The van der Waals surface area contributed by atoms with Crippen LogP contribution in [0, 0.1) is 11.3 Å². The molecule has 0 radical (unpaired) electrons. The van der Waals surface area contributed by atoms with Crippen LogP contribution in [0.5, 0.6) is 0 Å². The molecule has 6 nitrogen and oxygen atoms in total. The molecule has 0 amide bonds. The second-order valence-electron chi connectivity index (χ2n) is 7.35. The molecule has 29 heavy (non-hydrogen) atoms. The van der Waals surface area contributed by atoms with Crippen LogP contribution >= 0.6 is 0 Å². The number of hydrogen-bond donors (Lipinski definition) is 2. The molecule has 146 valence electrons. The maximum Gasteiger partial charge on any atom is 0.270 e. The van der Waals surface area contributed by atoms with E-state index in [0.717, 1.165) is 12.0 Å². The summed E-state index contributed by atoms with van der Waals surface area (Å²) >= 11 is 0. The second kappa shape index (κ2) is 8.53. The fraction of sp³-hybridized carbons (Fsp3) is 0.217. The highest BCUT2D eigenvalue weighted by atomic mass is 16.1. The van der Waals surface area contributed by atoms with E-state index in [1.807, 2.05) is 36.4 Å². The van der Waals surface area contributed by atoms with E-state index in [1.165, 1.54) is 5.56 Å². The summed E-state index contributed by atoms with van der Waals surface area (Å²) in [4.78, 5) is 19.2. The van der Waals surface area contributed by atoms with Gasteiger partial charge in [-0.25, -0.2) is 10.4 Å². The number of nitrogens with zero attached hydrogens (tertiary/aromatic N) is 3. The van der Waals surface area contributed by atoms with Gasteiger partial charge in [-0.05, 0) is 23.0 Å². The van der Waals surface area contributed by atoms with Crippen molar-refractivity contribution in [3.05, 3.63) is 81.6 Å². The van der Waals surface area contributed by atoms with Crippen molar-refractivity contribution in [1.82, 2.24) is 9.97 Å². The van der Waals surface area contributed by atoms with Gasteiger partial charge in [0.2, 0.25) is 5.95 Å². The summed E-state index contributed by atoms with van der Waals surface area (Å²) in [5.74, 6) is 0.174. The Morgan fingerprint density at radius 2 is 1.86 bits per heavy atom. The molecule has 0 unspecified atom stereocenters. The van der Waals surface area contributed by atoms with Gasteiger partial charge < -0.3 is 0 Å². The minimum Gasteiger partial charge on any atom is -0.290 e. The lowest BCUT2D eigenvalue weighted by atomic mass is 9.82. The van der Waals surface area contributed by atoms with Crippen LogP contribution in [0.1, 0.15) is 43.9 Å². The Labute approximate surface area is 170 Å². The number of anilines is 1. The highest BCUT2D eigenvalue weighted by Crippen LogP contribution is 2.26. The summed E-state index contributed by atoms with van der Waals surface area (Å²) in [5.41, 5.74) is 5.55. The molecule has 1 heterocycles. The molecule has 0 aliphatic heterocycles. The zero-order chi connectivity index (χ0) is 20.9. The molecule has 2 aromatic carbocycles. The van der Waals surface area contributed by atoms with E-state index in [-0.39, 0.29) is 16.9 Å². The van der Waals surface area contributed by atoms with Gasteiger partial charge in [0, 0.05) is 5.56 Å². The van der Waals surface area contributed by atoms with Crippen LogP contribution in [0.25, 0.3) is 11.3 Å². The Kier molecular flexibility index (Phi) is 5.89. The van der Waals surface area contributed by atoms with Crippen molar-refractivity contribution in [3.8, 4) is 17.3 Å². The molecular formula is C23H23N5O. The number of hydrogen-bond acceptors (Lipinski definition) is 5. The van der Waals surface area contributed by atoms with Gasteiger partial charge in [0.15, 0.2) is 0 Å². The lowest BCUT2D eigenvalue weighted by molar-refractivity contribution is 0.506. The fourth-order valence-electron chi connectivity index (χ4n) is 2.83. The molecule has 0 bridgehead atoms. The third-order valence-corrected chi connectivity index (χ3v) is 5.04. The first-order chi connectivity index (χ1) is 13.9. The van der Waals surface area contributed by atoms with Crippen molar-refractivity contribution < 1.29 is 0 Å². The van der Waals surface area contributed by atoms with Crippen molar-refractivity contribution in [2.24, 2.45) is 5.10 Å². The van der Waals surface area contributed by atoms with Gasteiger partial charge in [-0.1, -0.05) is 75.4 Å². The maximum atomic E-state index is 12.2.